The number of para-hydroxylation sites is 1. The number of nitrogens with two attached hydrogens (primary N) is 1. The summed E-state index contributed by atoms with van der Waals surface area (Å²) in [5.74, 6) is -0.761. The van der Waals surface area contributed by atoms with Crippen LogP contribution < -0.4 is 5.73 Å². The lowest BCUT2D eigenvalue weighted by atomic mass is 10.1. The van der Waals surface area contributed by atoms with E-state index in [1.165, 1.54) is 6.08 Å². The molecule has 0 bridgehead atoms. The van der Waals surface area contributed by atoms with Gasteiger partial charge in [-0.3, -0.25) is 9.59 Å². The van der Waals surface area contributed by atoms with Crippen molar-refractivity contribution in [3.63, 3.8) is 0 Å². The number of nitrogens with zero attached hydrogens (tertiary/aromatic N) is 3. The maximum absolute atomic E-state index is 12.7. The number of rotatable bonds is 5. The van der Waals surface area contributed by atoms with Crippen molar-refractivity contribution in [2.45, 2.75) is 6.10 Å². The number of morpholine rings is 1. The minimum atomic E-state index is -0.767. The lowest BCUT2D eigenvalue weighted by molar-refractivity contribution is -0.142. The highest BCUT2D eigenvalue weighted by atomic mass is 16.5. The second-order valence-electron chi connectivity index (χ2n) is 6.96. The third-order valence-corrected chi connectivity index (χ3v) is 4.91. The molecule has 0 radical (unpaired) electrons. The molecule has 7 nitrogen and oxygen atoms in total. The number of hydrogen-bond donors (Lipinski definition) is 1. The van der Waals surface area contributed by atoms with Crippen LogP contribution in [-0.4, -0.2) is 52.3 Å². The number of benzene rings is 2. The van der Waals surface area contributed by atoms with Gasteiger partial charge in [-0.1, -0.05) is 48.5 Å². The predicted octanol–water partition coefficient (Wildman–Crippen LogP) is 2.27. The molecule has 2 heterocycles. The molecule has 1 aromatic heterocycles. The summed E-state index contributed by atoms with van der Waals surface area (Å²) < 4.78 is 7.10. The molecule has 7 heteroatoms. The summed E-state index contributed by atoms with van der Waals surface area (Å²) in [6.45, 7) is 0.865. The molecule has 2 amide bonds. The lowest BCUT2D eigenvalue weighted by Crippen LogP contribution is -2.50. The summed E-state index contributed by atoms with van der Waals surface area (Å²) in [7, 11) is 0. The Morgan fingerprint density at radius 1 is 1.07 bits per heavy atom. The van der Waals surface area contributed by atoms with E-state index in [1.54, 1.807) is 15.7 Å². The van der Waals surface area contributed by atoms with E-state index in [0.717, 1.165) is 22.5 Å². The molecular weight excluding hydrogens is 380 g/mol. The number of amides is 2. The zero-order chi connectivity index (χ0) is 20.9. The Balaban J connectivity index is 1.62. The van der Waals surface area contributed by atoms with Gasteiger partial charge in [0.05, 0.1) is 24.5 Å². The Hall–Kier alpha value is -3.71. The van der Waals surface area contributed by atoms with Crippen molar-refractivity contribution in [3.8, 4) is 16.9 Å². The van der Waals surface area contributed by atoms with Gasteiger partial charge in [0.25, 0.3) is 0 Å². The normalized spacial score (nSPS) is 16.7. The van der Waals surface area contributed by atoms with Gasteiger partial charge in [-0.05, 0) is 18.2 Å². The highest BCUT2D eigenvalue weighted by Crippen LogP contribution is 2.24. The zero-order valence-corrected chi connectivity index (χ0v) is 16.3. The van der Waals surface area contributed by atoms with Gasteiger partial charge in [-0.25, -0.2) is 4.68 Å². The Kier molecular flexibility index (Phi) is 5.72. The maximum atomic E-state index is 12.7. The summed E-state index contributed by atoms with van der Waals surface area (Å²) in [6, 6.07) is 19.6. The number of carbonyl (C=O) groups is 2. The van der Waals surface area contributed by atoms with Crippen LogP contribution in [0.3, 0.4) is 0 Å². The van der Waals surface area contributed by atoms with Gasteiger partial charge in [0.2, 0.25) is 11.8 Å². The van der Waals surface area contributed by atoms with Crippen molar-refractivity contribution in [3.05, 3.63) is 78.5 Å². The molecule has 3 aromatic rings. The van der Waals surface area contributed by atoms with Gasteiger partial charge in [-0.2, -0.15) is 5.10 Å². The van der Waals surface area contributed by atoms with Gasteiger partial charge >= 0.3 is 0 Å². The van der Waals surface area contributed by atoms with Crippen LogP contribution in [0.5, 0.6) is 0 Å². The van der Waals surface area contributed by atoms with Crippen LogP contribution in [0.25, 0.3) is 23.0 Å². The van der Waals surface area contributed by atoms with Gasteiger partial charge < -0.3 is 15.4 Å². The van der Waals surface area contributed by atoms with Crippen LogP contribution in [-0.2, 0) is 14.3 Å². The molecule has 0 spiro atoms. The molecular formula is C23H22N4O3. The average molecular weight is 402 g/mol. The number of carbonyl (C=O) groups excluding carboxylic acids is 2. The first-order chi connectivity index (χ1) is 14.6. The van der Waals surface area contributed by atoms with Gasteiger partial charge in [0.15, 0.2) is 6.10 Å². The molecule has 30 heavy (non-hydrogen) atoms. The molecule has 2 aromatic carbocycles. The lowest BCUT2D eigenvalue weighted by Gasteiger charge is -2.30. The molecule has 1 atom stereocenters. The third kappa shape index (κ3) is 4.31. The second kappa shape index (κ2) is 8.75. The third-order valence-electron chi connectivity index (χ3n) is 4.91. The summed E-state index contributed by atoms with van der Waals surface area (Å²) in [5, 5.41) is 4.74. The molecule has 0 aliphatic carbocycles. The quantitative estimate of drug-likeness (QED) is 0.663. The predicted molar refractivity (Wildman–Crippen MR) is 114 cm³/mol. The summed E-state index contributed by atoms with van der Waals surface area (Å²) in [5.41, 5.74) is 8.79. The minimum Gasteiger partial charge on any atom is -0.367 e. The van der Waals surface area contributed by atoms with E-state index in [-0.39, 0.29) is 19.1 Å². The van der Waals surface area contributed by atoms with Gasteiger partial charge in [0.1, 0.15) is 0 Å². The van der Waals surface area contributed by atoms with Crippen LogP contribution in [0.4, 0.5) is 0 Å². The van der Waals surface area contributed by atoms with Gasteiger partial charge in [-0.15, -0.1) is 0 Å². The van der Waals surface area contributed by atoms with Crippen molar-refractivity contribution in [1.82, 2.24) is 14.7 Å². The average Bonchev–Trinajstić information content (AvgIpc) is 3.23. The van der Waals surface area contributed by atoms with Crippen LogP contribution in [0, 0.1) is 0 Å². The maximum Gasteiger partial charge on any atom is 0.248 e. The Morgan fingerprint density at radius 3 is 2.47 bits per heavy atom. The topological polar surface area (TPSA) is 90.5 Å². The first kappa shape index (κ1) is 19.6. The van der Waals surface area contributed by atoms with Crippen LogP contribution in [0.2, 0.25) is 0 Å². The molecule has 1 aliphatic heterocycles. The second-order valence-corrected chi connectivity index (χ2v) is 6.96. The van der Waals surface area contributed by atoms with Crippen molar-refractivity contribution < 1.29 is 14.3 Å². The van der Waals surface area contributed by atoms with E-state index >= 15 is 0 Å². The van der Waals surface area contributed by atoms with Crippen LogP contribution in [0.15, 0.2) is 72.9 Å². The number of ether oxygens (including phenoxy) is 1. The van der Waals surface area contributed by atoms with Gasteiger partial charge in [0, 0.05) is 29.9 Å². The fraction of sp³-hybridized carbons (Fsp3) is 0.174. The minimum absolute atomic E-state index is 0.160. The number of aromatic nitrogens is 2. The smallest absolute Gasteiger partial charge is 0.248 e. The SMILES string of the molecule is NC(=O)C1CN(C(=O)C=Cc2cn(-c3ccccc3)nc2-c2ccccc2)CCO1. The fourth-order valence-electron chi connectivity index (χ4n) is 3.33. The van der Waals surface area contributed by atoms with E-state index < -0.39 is 12.0 Å². The molecule has 4 rings (SSSR count). The highest BCUT2D eigenvalue weighted by Gasteiger charge is 2.26. The van der Waals surface area contributed by atoms with Crippen molar-refractivity contribution in [2.75, 3.05) is 19.7 Å². The molecule has 152 valence electrons. The standard InChI is InChI=1S/C23H22N4O3/c24-23(29)20-16-26(13-14-30-20)21(28)12-11-18-15-27(19-9-5-2-6-10-19)25-22(18)17-7-3-1-4-8-17/h1-12,15,20H,13-14,16H2,(H2,24,29). The summed E-state index contributed by atoms with van der Waals surface area (Å²) in [6.07, 6.45) is 4.39. The van der Waals surface area contributed by atoms with Crippen molar-refractivity contribution in [1.29, 1.82) is 0 Å². The molecule has 0 saturated carbocycles. The van der Waals surface area contributed by atoms with E-state index in [4.69, 9.17) is 15.6 Å². The first-order valence-corrected chi connectivity index (χ1v) is 9.70. The zero-order valence-electron chi connectivity index (χ0n) is 16.3. The Morgan fingerprint density at radius 2 is 1.77 bits per heavy atom. The molecule has 2 N–H and O–H groups in total. The van der Waals surface area contributed by atoms with Crippen LogP contribution in [0.1, 0.15) is 5.56 Å². The summed E-state index contributed by atoms with van der Waals surface area (Å²) in [4.78, 5) is 25.6. The molecule has 1 fully saturated rings. The summed E-state index contributed by atoms with van der Waals surface area (Å²) >= 11 is 0. The van der Waals surface area contributed by atoms with E-state index in [9.17, 15) is 9.59 Å². The van der Waals surface area contributed by atoms with E-state index in [1.807, 2.05) is 66.9 Å². The fourth-order valence-corrected chi connectivity index (χ4v) is 3.33. The largest absolute Gasteiger partial charge is 0.367 e. The van der Waals surface area contributed by atoms with Crippen LogP contribution >= 0.6 is 0 Å². The number of primary amides is 1. The Bertz CT molecular complexity index is 1060. The monoisotopic (exact) mass is 402 g/mol. The first-order valence-electron chi connectivity index (χ1n) is 9.70. The molecule has 1 aliphatic rings. The Labute approximate surface area is 174 Å². The van der Waals surface area contributed by atoms with Crippen molar-refractivity contribution >= 4 is 17.9 Å². The molecule has 1 unspecified atom stereocenters. The van der Waals surface area contributed by atoms with Crippen molar-refractivity contribution in [2.24, 2.45) is 5.73 Å². The molecule has 1 saturated heterocycles. The number of hydrogen-bond acceptors (Lipinski definition) is 4. The van der Waals surface area contributed by atoms with E-state index in [0.29, 0.717) is 6.54 Å². The highest BCUT2D eigenvalue weighted by molar-refractivity contribution is 5.93. The van der Waals surface area contributed by atoms with E-state index in [2.05, 4.69) is 0 Å².